The van der Waals surface area contributed by atoms with Gasteiger partial charge in [0.05, 0.1) is 0 Å². The van der Waals surface area contributed by atoms with Gasteiger partial charge in [-0.1, -0.05) is 0 Å². The van der Waals surface area contributed by atoms with E-state index >= 15 is 0 Å². The zero-order valence-corrected chi connectivity index (χ0v) is 4.65. The molecular formula is C5H10N2. The summed E-state index contributed by atoms with van der Waals surface area (Å²) in [6, 6.07) is 0. The van der Waals surface area contributed by atoms with Gasteiger partial charge in [-0.3, -0.25) is 0 Å². The van der Waals surface area contributed by atoms with E-state index in [4.69, 9.17) is 5.41 Å². The molecule has 0 spiro atoms. The van der Waals surface area contributed by atoms with Crippen LogP contribution >= 0.6 is 0 Å². The second-order valence-corrected chi connectivity index (χ2v) is 1.32. The Labute approximate surface area is 43.7 Å². The molecule has 0 heterocycles. The lowest BCUT2D eigenvalue weighted by atomic mass is 10.4. The van der Waals surface area contributed by atoms with Crippen molar-refractivity contribution in [2.24, 2.45) is 0 Å². The van der Waals surface area contributed by atoms with Gasteiger partial charge >= 0.3 is 0 Å². The van der Waals surface area contributed by atoms with E-state index in [1.165, 1.54) is 6.21 Å². The Kier molecular flexibility index (Phi) is 3.02. The van der Waals surface area contributed by atoms with Gasteiger partial charge in [-0.2, -0.15) is 0 Å². The van der Waals surface area contributed by atoms with Gasteiger partial charge in [-0.05, 0) is 12.5 Å². The largest absolute Gasteiger partial charge is 0.394 e. The zero-order chi connectivity index (χ0) is 5.70. The molecule has 0 saturated heterocycles. The highest BCUT2D eigenvalue weighted by Gasteiger charge is 1.72. The second kappa shape index (κ2) is 3.40. The lowest BCUT2D eigenvalue weighted by molar-refractivity contribution is 1.09. The van der Waals surface area contributed by atoms with Crippen molar-refractivity contribution in [1.29, 1.82) is 5.41 Å². The quantitative estimate of drug-likeness (QED) is 0.491. The van der Waals surface area contributed by atoms with E-state index in [1.54, 1.807) is 6.20 Å². The van der Waals surface area contributed by atoms with E-state index in [-0.39, 0.29) is 0 Å². The van der Waals surface area contributed by atoms with Crippen LogP contribution in [0, 0.1) is 5.41 Å². The topological polar surface area (TPSA) is 35.9 Å². The molecule has 0 bridgehead atoms. The Morgan fingerprint density at radius 3 is 2.43 bits per heavy atom. The summed E-state index contributed by atoms with van der Waals surface area (Å²) < 4.78 is 0. The van der Waals surface area contributed by atoms with Crippen molar-refractivity contribution in [3.63, 3.8) is 0 Å². The van der Waals surface area contributed by atoms with Crippen LogP contribution in [0.4, 0.5) is 0 Å². The molecule has 7 heavy (non-hydrogen) atoms. The molecule has 0 aliphatic rings. The number of hydrogen-bond acceptors (Lipinski definition) is 2. The summed E-state index contributed by atoms with van der Waals surface area (Å²) in [5.41, 5.74) is 0.933. The van der Waals surface area contributed by atoms with Gasteiger partial charge in [0, 0.05) is 19.5 Å². The zero-order valence-electron chi connectivity index (χ0n) is 4.65. The molecule has 2 nitrogen and oxygen atoms in total. The number of hydrogen-bond donors (Lipinski definition) is 2. The third kappa shape index (κ3) is 3.03. The predicted molar refractivity (Wildman–Crippen MR) is 31.6 cm³/mol. The molecule has 0 radical (unpaired) electrons. The van der Waals surface area contributed by atoms with Crippen LogP contribution in [0.25, 0.3) is 0 Å². The highest BCUT2D eigenvalue weighted by Crippen LogP contribution is 1.78. The van der Waals surface area contributed by atoms with Crippen molar-refractivity contribution >= 4 is 6.21 Å². The molecule has 0 unspecified atom stereocenters. The molecular weight excluding hydrogens is 88.1 g/mol. The van der Waals surface area contributed by atoms with E-state index in [9.17, 15) is 0 Å². The minimum absolute atomic E-state index is 0.933. The Morgan fingerprint density at radius 2 is 2.29 bits per heavy atom. The minimum atomic E-state index is 0.933. The lowest BCUT2D eigenvalue weighted by Crippen LogP contribution is -1.94. The average Bonchev–Trinajstić information content (AvgIpc) is 1.68. The molecule has 0 aliphatic heterocycles. The molecule has 0 fully saturated rings. The maximum atomic E-state index is 6.68. The van der Waals surface area contributed by atoms with Crippen LogP contribution < -0.4 is 5.32 Å². The lowest BCUT2D eigenvalue weighted by Gasteiger charge is -1.86. The van der Waals surface area contributed by atoms with Gasteiger partial charge in [0.25, 0.3) is 0 Å². The smallest absolute Gasteiger partial charge is 0.0221 e. The molecule has 0 aromatic rings. The molecule has 40 valence electrons. The van der Waals surface area contributed by atoms with Gasteiger partial charge in [-0.25, -0.2) is 0 Å². The maximum Gasteiger partial charge on any atom is 0.0221 e. The van der Waals surface area contributed by atoms with Crippen LogP contribution in [0.1, 0.15) is 6.92 Å². The summed E-state index contributed by atoms with van der Waals surface area (Å²) in [7, 11) is 1.81. The Hall–Kier alpha value is -0.790. The molecule has 2 N–H and O–H groups in total. The number of allylic oxidation sites excluding steroid dienone is 1. The summed E-state index contributed by atoms with van der Waals surface area (Å²) in [6.07, 6.45) is 3.07. The fourth-order valence-electron chi connectivity index (χ4n) is 0.269. The Bertz CT molecular complexity index is 84.1. The molecule has 2 heteroatoms. The first kappa shape index (κ1) is 6.21. The highest BCUT2D eigenvalue weighted by molar-refractivity contribution is 5.74. The molecule has 0 saturated carbocycles. The SMILES string of the molecule is CN/C=C(/C)C=N. The average molecular weight is 98.1 g/mol. The summed E-state index contributed by atoms with van der Waals surface area (Å²) in [5.74, 6) is 0. The van der Waals surface area contributed by atoms with Crippen molar-refractivity contribution in [3.8, 4) is 0 Å². The summed E-state index contributed by atoms with van der Waals surface area (Å²) in [5, 5.41) is 9.48. The first-order chi connectivity index (χ1) is 3.31. The van der Waals surface area contributed by atoms with E-state index in [1.807, 2.05) is 14.0 Å². The van der Waals surface area contributed by atoms with E-state index in [2.05, 4.69) is 5.32 Å². The fourth-order valence-corrected chi connectivity index (χ4v) is 0.269. The molecule has 0 aromatic carbocycles. The third-order valence-electron chi connectivity index (χ3n) is 0.600. The standard InChI is InChI=1S/C5H10N2/c1-5(3-6)4-7-2/h3-4,6-7H,1-2H3/b5-4-,6-3?. The summed E-state index contributed by atoms with van der Waals surface area (Å²) >= 11 is 0. The van der Waals surface area contributed by atoms with E-state index in [0.29, 0.717) is 0 Å². The summed E-state index contributed by atoms with van der Waals surface area (Å²) in [4.78, 5) is 0. The van der Waals surface area contributed by atoms with Crippen molar-refractivity contribution in [2.75, 3.05) is 7.05 Å². The second-order valence-electron chi connectivity index (χ2n) is 1.32. The van der Waals surface area contributed by atoms with E-state index < -0.39 is 0 Å². The van der Waals surface area contributed by atoms with Gasteiger partial charge in [-0.15, -0.1) is 0 Å². The van der Waals surface area contributed by atoms with Gasteiger partial charge in [0.1, 0.15) is 0 Å². The van der Waals surface area contributed by atoms with Crippen molar-refractivity contribution in [2.45, 2.75) is 6.92 Å². The predicted octanol–water partition coefficient (Wildman–Crippen LogP) is 0.759. The molecule has 0 aliphatic carbocycles. The minimum Gasteiger partial charge on any atom is -0.394 e. The molecule has 0 amide bonds. The summed E-state index contributed by atoms with van der Waals surface area (Å²) in [6.45, 7) is 1.86. The van der Waals surface area contributed by atoms with Gasteiger partial charge in [0.15, 0.2) is 0 Å². The highest BCUT2D eigenvalue weighted by atomic mass is 14.8. The van der Waals surface area contributed by atoms with Crippen LogP contribution in [-0.2, 0) is 0 Å². The van der Waals surface area contributed by atoms with Crippen LogP contribution in [0.3, 0.4) is 0 Å². The van der Waals surface area contributed by atoms with Crippen LogP contribution in [0.15, 0.2) is 11.8 Å². The van der Waals surface area contributed by atoms with Crippen molar-refractivity contribution in [3.05, 3.63) is 11.8 Å². The van der Waals surface area contributed by atoms with Crippen LogP contribution in [0.2, 0.25) is 0 Å². The van der Waals surface area contributed by atoms with Crippen molar-refractivity contribution in [1.82, 2.24) is 5.32 Å². The normalized spacial score (nSPS) is 10.9. The molecule has 0 atom stereocenters. The van der Waals surface area contributed by atoms with Crippen LogP contribution in [-0.4, -0.2) is 13.3 Å². The number of rotatable bonds is 2. The fraction of sp³-hybridized carbons (Fsp3) is 0.400. The first-order valence-corrected chi connectivity index (χ1v) is 2.15. The third-order valence-corrected chi connectivity index (χ3v) is 0.600. The van der Waals surface area contributed by atoms with Crippen molar-refractivity contribution < 1.29 is 0 Å². The maximum absolute atomic E-state index is 6.68. The Morgan fingerprint density at radius 1 is 1.71 bits per heavy atom. The van der Waals surface area contributed by atoms with Gasteiger partial charge < -0.3 is 10.7 Å². The Balaban J connectivity index is 3.49. The molecule has 0 aromatic heterocycles. The van der Waals surface area contributed by atoms with Gasteiger partial charge in [0.2, 0.25) is 0 Å². The monoisotopic (exact) mass is 98.1 g/mol. The first-order valence-electron chi connectivity index (χ1n) is 2.15. The van der Waals surface area contributed by atoms with E-state index in [0.717, 1.165) is 5.57 Å². The number of nitrogens with one attached hydrogen (secondary N) is 2. The molecule has 0 rings (SSSR count). The van der Waals surface area contributed by atoms with Crippen LogP contribution in [0.5, 0.6) is 0 Å².